The zero-order valence-corrected chi connectivity index (χ0v) is 12.1. The monoisotopic (exact) mass is 300 g/mol. The first-order valence-electron chi connectivity index (χ1n) is 6.95. The highest BCUT2D eigenvalue weighted by atomic mass is 19.4. The normalized spacial score (nSPS) is 22.9. The second kappa shape index (κ2) is 6.05. The summed E-state index contributed by atoms with van der Waals surface area (Å²) in [6.45, 7) is 4.02. The average molecular weight is 300 g/mol. The molecule has 0 aromatic heterocycles. The van der Waals surface area contributed by atoms with Crippen molar-refractivity contribution in [2.45, 2.75) is 44.9 Å². The molecular weight excluding hydrogens is 281 g/mol. The number of alkyl halides is 3. The topological polar surface area (TPSA) is 41.1 Å². The van der Waals surface area contributed by atoms with E-state index in [9.17, 15) is 18.0 Å². The van der Waals surface area contributed by atoms with Crippen molar-refractivity contribution in [3.8, 4) is 0 Å². The zero-order valence-electron chi connectivity index (χ0n) is 12.1. The Hall–Kier alpha value is -1.56. The highest BCUT2D eigenvalue weighted by Crippen LogP contribution is 2.26. The third-order valence-electron chi connectivity index (χ3n) is 3.91. The van der Waals surface area contributed by atoms with Crippen molar-refractivity contribution in [3.63, 3.8) is 0 Å². The Bertz CT molecular complexity index is 520. The summed E-state index contributed by atoms with van der Waals surface area (Å²) in [6.07, 6.45) is -3.90. The van der Waals surface area contributed by atoms with Gasteiger partial charge >= 0.3 is 6.18 Å². The van der Waals surface area contributed by atoms with Gasteiger partial charge in [-0.25, -0.2) is 0 Å². The van der Waals surface area contributed by atoms with Crippen LogP contribution in [-0.4, -0.2) is 30.7 Å². The van der Waals surface area contributed by atoms with Crippen LogP contribution in [0.5, 0.6) is 0 Å². The highest BCUT2D eigenvalue weighted by Gasteiger charge is 2.41. The lowest BCUT2D eigenvalue weighted by Crippen LogP contribution is -2.54. The number of hydrogen-bond acceptors (Lipinski definition) is 2. The second-order valence-corrected chi connectivity index (χ2v) is 5.55. The van der Waals surface area contributed by atoms with Gasteiger partial charge in [0.05, 0.1) is 0 Å². The Labute approximate surface area is 121 Å². The minimum atomic E-state index is -4.22. The molecule has 1 saturated heterocycles. The summed E-state index contributed by atoms with van der Waals surface area (Å²) in [5.41, 5.74) is 2.65. The van der Waals surface area contributed by atoms with Crippen LogP contribution in [0.15, 0.2) is 18.2 Å². The lowest BCUT2D eigenvalue weighted by molar-refractivity contribution is -0.160. The van der Waals surface area contributed by atoms with Gasteiger partial charge in [-0.3, -0.25) is 4.79 Å². The van der Waals surface area contributed by atoms with Gasteiger partial charge in [0.1, 0.15) is 6.04 Å². The van der Waals surface area contributed by atoms with E-state index in [1.165, 1.54) is 0 Å². The summed E-state index contributed by atoms with van der Waals surface area (Å²) in [4.78, 5) is 12.1. The first-order chi connectivity index (χ1) is 9.77. The quantitative estimate of drug-likeness (QED) is 0.882. The Kier molecular flexibility index (Phi) is 4.56. The fourth-order valence-corrected chi connectivity index (χ4v) is 2.41. The van der Waals surface area contributed by atoms with E-state index in [2.05, 4.69) is 10.6 Å². The summed E-state index contributed by atoms with van der Waals surface area (Å²) in [6, 6.07) is 3.65. The van der Waals surface area contributed by atoms with Gasteiger partial charge < -0.3 is 10.6 Å². The lowest BCUT2D eigenvalue weighted by atomic mass is 9.99. The fourth-order valence-electron chi connectivity index (χ4n) is 2.41. The van der Waals surface area contributed by atoms with Crippen molar-refractivity contribution < 1.29 is 18.0 Å². The van der Waals surface area contributed by atoms with Crippen LogP contribution in [0.1, 0.15) is 34.3 Å². The van der Waals surface area contributed by atoms with Crippen LogP contribution in [0.2, 0.25) is 0 Å². The van der Waals surface area contributed by atoms with Crippen molar-refractivity contribution in [2.75, 3.05) is 6.54 Å². The van der Waals surface area contributed by atoms with Gasteiger partial charge in [-0.05, 0) is 49.9 Å². The molecule has 0 radical (unpaired) electrons. The predicted molar refractivity (Wildman–Crippen MR) is 74.2 cm³/mol. The number of carbonyl (C=O) groups is 1. The molecule has 1 aromatic rings. The van der Waals surface area contributed by atoms with Crippen LogP contribution >= 0.6 is 0 Å². The molecular formula is C15H19F3N2O. The van der Waals surface area contributed by atoms with Crippen molar-refractivity contribution in [1.82, 2.24) is 10.6 Å². The first-order valence-corrected chi connectivity index (χ1v) is 6.95. The molecule has 2 N–H and O–H groups in total. The van der Waals surface area contributed by atoms with E-state index in [0.717, 1.165) is 11.1 Å². The minimum absolute atomic E-state index is 0.0125. The number of hydrogen-bond donors (Lipinski definition) is 2. The van der Waals surface area contributed by atoms with Crippen molar-refractivity contribution in [3.05, 3.63) is 34.9 Å². The molecule has 0 saturated carbocycles. The smallest absolute Gasteiger partial charge is 0.348 e. The molecule has 1 amide bonds. The van der Waals surface area contributed by atoms with Crippen molar-refractivity contribution in [1.29, 1.82) is 0 Å². The molecule has 0 bridgehead atoms. The largest absolute Gasteiger partial charge is 0.403 e. The molecule has 21 heavy (non-hydrogen) atoms. The summed E-state index contributed by atoms with van der Waals surface area (Å²) >= 11 is 0. The van der Waals surface area contributed by atoms with Gasteiger partial charge in [0.2, 0.25) is 0 Å². The van der Waals surface area contributed by atoms with E-state index < -0.39 is 12.2 Å². The molecule has 3 nitrogen and oxygen atoms in total. The summed E-state index contributed by atoms with van der Waals surface area (Å²) in [5.74, 6) is -0.240. The van der Waals surface area contributed by atoms with E-state index in [1.807, 2.05) is 19.9 Å². The maximum absolute atomic E-state index is 12.5. The van der Waals surface area contributed by atoms with Gasteiger partial charge in [-0.15, -0.1) is 0 Å². The van der Waals surface area contributed by atoms with E-state index in [1.54, 1.807) is 12.1 Å². The fraction of sp³-hybridized carbons (Fsp3) is 0.533. The van der Waals surface area contributed by atoms with E-state index in [-0.39, 0.29) is 24.9 Å². The standard InChI is InChI=1S/C15H19F3N2O/c1-9-3-4-11(7-10(9)2)14(21)20-12-5-6-13(19-8-12)15(16,17)18/h3-4,7,12-13,19H,5-6,8H2,1-2H3,(H,20,21). The van der Waals surface area contributed by atoms with Crippen LogP contribution in [-0.2, 0) is 0 Å². The predicted octanol–water partition coefficient (Wildman–Crippen LogP) is 2.72. The van der Waals surface area contributed by atoms with Gasteiger partial charge in [0.25, 0.3) is 5.91 Å². The SMILES string of the molecule is Cc1ccc(C(=O)NC2CCC(C(F)(F)F)NC2)cc1C. The van der Waals surface area contributed by atoms with E-state index in [4.69, 9.17) is 0 Å². The van der Waals surface area contributed by atoms with Crippen LogP contribution in [0.3, 0.4) is 0 Å². The van der Waals surface area contributed by atoms with Crippen molar-refractivity contribution in [2.24, 2.45) is 0 Å². The lowest BCUT2D eigenvalue weighted by Gasteiger charge is -2.31. The van der Waals surface area contributed by atoms with Crippen LogP contribution in [0.25, 0.3) is 0 Å². The third-order valence-corrected chi connectivity index (χ3v) is 3.91. The maximum atomic E-state index is 12.5. The molecule has 1 fully saturated rings. The van der Waals surface area contributed by atoms with E-state index >= 15 is 0 Å². The van der Waals surface area contributed by atoms with Crippen LogP contribution < -0.4 is 10.6 Å². The number of halogens is 3. The molecule has 2 atom stereocenters. The number of piperidine rings is 1. The van der Waals surface area contributed by atoms with Gasteiger partial charge in [0.15, 0.2) is 0 Å². The van der Waals surface area contributed by atoms with Gasteiger partial charge in [0, 0.05) is 18.2 Å². The number of carbonyl (C=O) groups excluding carboxylic acids is 1. The number of aryl methyl sites for hydroxylation is 2. The molecule has 116 valence electrons. The Morgan fingerprint density at radius 3 is 2.48 bits per heavy atom. The van der Waals surface area contributed by atoms with Crippen molar-refractivity contribution >= 4 is 5.91 Å². The number of nitrogens with one attached hydrogen (secondary N) is 2. The second-order valence-electron chi connectivity index (χ2n) is 5.55. The van der Waals surface area contributed by atoms with Crippen LogP contribution in [0.4, 0.5) is 13.2 Å². The maximum Gasteiger partial charge on any atom is 0.403 e. The number of amides is 1. The molecule has 0 spiro atoms. The van der Waals surface area contributed by atoms with E-state index in [0.29, 0.717) is 12.0 Å². The first kappa shape index (κ1) is 15.8. The van der Waals surface area contributed by atoms with Crippen LogP contribution in [0, 0.1) is 13.8 Å². The molecule has 6 heteroatoms. The summed E-state index contributed by atoms with van der Waals surface area (Å²) in [7, 11) is 0. The molecule has 0 aliphatic carbocycles. The zero-order chi connectivity index (χ0) is 15.6. The molecule has 1 aliphatic heterocycles. The molecule has 1 aromatic carbocycles. The molecule has 1 heterocycles. The summed E-state index contributed by atoms with van der Waals surface area (Å²) in [5, 5.41) is 5.23. The van der Waals surface area contributed by atoms with Gasteiger partial charge in [-0.2, -0.15) is 13.2 Å². The summed E-state index contributed by atoms with van der Waals surface area (Å²) < 4.78 is 37.6. The molecule has 2 rings (SSSR count). The Morgan fingerprint density at radius 2 is 1.95 bits per heavy atom. The minimum Gasteiger partial charge on any atom is -0.348 e. The average Bonchev–Trinajstić information content (AvgIpc) is 2.41. The Balaban J connectivity index is 1.91. The number of rotatable bonds is 2. The Morgan fingerprint density at radius 1 is 1.24 bits per heavy atom. The number of benzene rings is 1. The molecule has 1 aliphatic rings. The highest BCUT2D eigenvalue weighted by molar-refractivity contribution is 5.94. The van der Waals surface area contributed by atoms with Gasteiger partial charge in [-0.1, -0.05) is 6.07 Å². The molecule has 2 unspecified atom stereocenters. The third kappa shape index (κ3) is 3.97.